The SMILES string of the molecule is CC(C)(C)Cc1nc2c3c(ccc2o1)C1N=CN=C(c2cc([Si](C)(C)C)c4ccccc4c2)C1S3. The Kier molecular flexibility index (Phi) is 5.13. The van der Waals surface area contributed by atoms with Gasteiger partial charge in [0.2, 0.25) is 0 Å². The number of fused-ring (bicyclic) bond motifs is 6. The molecule has 3 heterocycles. The molecule has 0 N–H and O–H groups in total. The Morgan fingerprint density at radius 2 is 1.83 bits per heavy atom. The van der Waals surface area contributed by atoms with Crippen molar-refractivity contribution in [1.29, 1.82) is 0 Å². The van der Waals surface area contributed by atoms with Crippen molar-refractivity contribution in [3.05, 3.63) is 65.5 Å². The van der Waals surface area contributed by atoms with E-state index in [2.05, 4.69) is 88.9 Å². The first kappa shape index (κ1) is 22.7. The average Bonchev–Trinajstić information content (AvgIpc) is 3.36. The Morgan fingerprint density at radius 3 is 2.60 bits per heavy atom. The number of aliphatic imine (C=N–C) groups is 2. The Hall–Kier alpha value is -2.70. The molecule has 178 valence electrons. The van der Waals surface area contributed by atoms with Gasteiger partial charge >= 0.3 is 0 Å². The van der Waals surface area contributed by atoms with Crippen LogP contribution in [-0.2, 0) is 6.42 Å². The minimum atomic E-state index is -1.56. The van der Waals surface area contributed by atoms with E-state index >= 15 is 0 Å². The fourth-order valence-electron chi connectivity index (χ4n) is 5.19. The van der Waals surface area contributed by atoms with Crippen molar-refractivity contribution in [2.75, 3.05) is 0 Å². The van der Waals surface area contributed by atoms with Crippen LogP contribution in [0.1, 0.15) is 43.8 Å². The van der Waals surface area contributed by atoms with Gasteiger partial charge in [0.1, 0.15) is 11.9 Å². The van der Waals surface area contributed by atoms with Crippen molar-refractivity contribution in [3.63, 3.8) is 0 Å². The van der Waals surface area contributed by atoms with Crippen molar-refractivity contribution >= 4 is 58.9 Å². The van der Waals surface area contributed by atoms with Crippen LogP contribution in [0.25, 0.3) is 21.9 Å². The summed E-state index contributed by atoms with van der Waals surface area (Å²) < 4.78 is 6.15. The van der Waals surface area contributed by atoms with Crippen LogP contribution in [-0.4, -0.2) is 30.4 Å². The van der Waals surface area contributed by atoms with Crippen LogP contribution in [0.2, 0.25) is 19.6 Å². The zero-order valence-corrected chi connectivity index (χ0v) is 23.0. The van der Waals surface area contributed by atoms with Gasteiger partial charge in [-0.15, -0.1) is 11.8 Å². The molecule has 0 saturated heterocycles. The van der Waals surface area contributed by atoms with Gasteiger partial charge in [0.05, 0.1) is 25.1 Å². The van der Waals surface area contributed by atoms with Gasteiger partial charge in [-0.3, -0.25) is 4.99 Å². The molecule has 1 aromatic heterocycles. The van der Waals surface area contributed by atoms with E-state index in [0.717, 1.165) is 29.1 Å². The van der Waals surface area contributed by atoms with Gasteiger partial charge in [-0.2, -0.15) is 0 Å². The molecule has 4 aromatic rings. The van der Waals surface area contributed by atoms with Gasteiger partial charge in [0, 0.05) is 11.3 Å². The van der Waals surface area contributed by atoms with Crippen molar-refractivity contribution in [2.45, 2.75) is 63.0 Å². The largest absolute Gasteiger partial charge is 0.441 e. The molecule has 0 amide bonds. The van der Waals surface area contributed by atoms with Gasteiger partial charge in [-0.25, -0.2) is 9.98 Å². The van der Waals surface area contributed by atoms with Gasteiger partial charge in [0.15, 0.2) is 11.5 Å². The number of hydrogen-bond acceptors (Lipinski definition) is 5. The summed E-state index contributed by atoms with van der Waals surface area (Å²) in [4.78, 5) is 15.8. The van der Waals surface area contributed by atoms with Crippen molar-refractivity contribution in [1.82, 2.24) is 4.98 Å². The zero-order chi connectivity index (χ0) is 24.5. The second-order valence-electron chi connectivity index (χ2n) is 11.9. The van der Waals surface area contributed by atoms with Crippen LogP contribution in [0.3, 0.4) is 0 Å². The quantitative estimate of drug-likeness (QED) is 0.282. The highest BCUT2D eigenvalue weighted by molar-refractivity contribution is 8.01. The molecule has 35 heavy (non-hydrogen) atoms. The molecule has 6 heteroatoms. The molecule has 0 spiro atoms. The number of aromatic nitrogens is 1. The first-order valence-corrected chi connectivity index (χ1v) is 16.7. The number of hydrogen-bond donors (Lipinski definition) is 0. The number of rotatable bonds is 3. The van der Waals surface area contributed by atoms with E-state index in [0.29, 0.717) is 0 Å². The van der Waals surface area contributed by atoms with Crippen LogP contribution < -0.4 is 5.19 Å². The summed E-state index contributed by atoms with van der Waals surface area (Å²) >= 11 is 1.85. The van der Waals surface area contributed by atoms with E-state index < -0.39 is 8.07 Å². The Balaban J connectivity index is 1.44. The van der Waals surface area contributed by atoms with E-state index in [-0.39, 0.29) is 16.7 Å². The van der Waals surface area contributed by atoms with E-state index in [4.69, 9.17) is 19.4 Å². The predicted molar refractivity (Wildman–Crippen MR) is 152 cm³/mol. The lowest BCUT2D eigenvalue weighted by molar-refractivity contribution is 0.362. The van der Waals surface area contributed by atoms with Crippen LogP contribution in [0, 0.1) is 5.41 Å². The lowest BCUT2D eigenvalue weighted by Crippen LogP contribution is -2.39. The van der Waals surface area contributed by atoms with Gasteiger partial charge in [-0.1, -0.05) is 82.0 Å². The second-order valence-corrected chi connectivity index (χ2v) is 18.1. The van der Waals surface area contributed by atoms with Crippen molar-refractivity contribution in [2.24, 2.45) is 15.4 Å². The van der Waals surface area contributed by atoms with Gasteiger partial charge in [0.25, 0.3) is 0 Å². The third kappa shape index (κ3) is 3.97. The normalized spacial score (nSPS) is 19.8. The van der Waals surface area contributed by atoms with Gasteiger partial charge in [-0.05, 0) is 39.4 Å². The molecule has 4 nitrogen and oxygen atoms in total. The fraction of sp³-hybridized carbons (Fsp3) is 0.345. The average molecular weight is 498 g/mol. The highest BCUT2D eigenvalue weighted by atomic mass is 32.2. The molecule has 0 aliphatic carbocycles. The molecule has 3 aromatic carbocycles. The maximum Gasteiger partial charge on any atom is 0.196 e. The van der Waals surface area contributed by atoms with Crippen LogP contribution in [0.15, 0.2) is 67.8 Å². The number of benzene rings is 3. The van der Waals surface area contributed by atoms with Crippen LogP contribution in [0.4, 0.5) is 0 Å². The van der Waals surface area contributed by atoms with E-state index in [9.17, 15) is 0 Å². The third-order valence-electron chi connectivity index (χ3n) is 6.78. The smallest absolute Gasteiger partial charge is 0.196 e. The monoisotopic (exact) mass is 497 g/mol. The Bertz CT molecular complexity index is 1540. The summed E-state index contributed by atoms with van der Waals surface area (Å²) in [6.07, 6.45) is 2.57. The maximum absolute atomic E-state index is 6.15. The summed E-state index contributed by atoms with van der Waals surface area (Å²) in [7, 11) is -1.56. The molecule has 0 saturated carbocycles. The fourth-order valence-corrected chi connectivity index (χ4v) is 8.31. The highest BCUT2D eigenvalue weighted by Crippen LogP contribution is 2.51. The first-order chi connectivity index (χ1) is 16.6. The molecule has 0 bridgehead atoms. The summed E-state index contributed by atoms with van der Waals surface area (Å²) in [5, 5.41) is 4.28. The lowest BCUT2D eigenvalue weighted by Gasteiger charge is -2.25. The molecule has 6 rings (SSSR count). The molecular formula is C29H31N3OSSi. The summed E-state index contributed by atoms with van der Waals surface area (Å²) in [5.41, 5.74) is 5.52. The molecule has 2 unspecified atom stereocenters. The molecular weight excluding hydrogens is 466 g/mol. The van der Waals surface area contributed by atoms with Gasteiger partial charge < -0.3 is 4.42 Å². The maximum atomic E-state index is 6.15. The third-order valence-corrected chi connectivity index (χ3v) is 10.2. The van der Waals surface area contributed by atoms with E-state index in [1.165, 1.54) is 32.0 Å². The Labute approximate surface area is 212 Å². The highest BCUT2D eigenvalue weighted by Gasteiger charge is 2.40. The number of nitrogens with zero attached hydrogens (tertiary/aromatic N) is 3. The zero-order valence-electron chi connectivity index (χ0n) is 21.2. The Morgan fingerprint density at radius 1 is 1.03 bits per heavy atom. The second kappa shape index (κ2) is 7.90. The van der Waals surface area contributed by atoms with Crippen LogP contribution >= 0.6 is 11.8 Å². The molecule has 0 fully saturated rings. The van der Waals surface area contributed by atoms with E-state index in [1.807, 2.05) is 11.8 Å². The predicted octanol–water partition coefficient (Wildman–Crippen LogP) is 7.16. The number of oxazole rings is 1. The topological polar surface area (TPSA) is 50.8 Å². The van der Waals surface area contributed by atoms with Crippen molar-refractivity contribution < 1.29 is 4.42 Å². The van der Waals surface area contributed by atoms with Crippen molar-refractivity contribution in [3.8, 4) is 0 Å². The first-order valence-electron chi connectivity index (χ1n) is 12.3. The minimum Gasteiger partial charge on any atom is -0.441 e. The molecule has 2 aliphatic rings. The molecule has 2 aliphatic heterocycles. The lowest BCUT2D eigenvalue weighted by atomic mass is 9.92. The minimum absolute atomic E-state index is 0.0523. The summed E-state index contributed by atoms with van der Waals surface area (Å²) in [6.45, 7) is 13.9. The molecule has 0 radical (unpaired) electrons. The summed E-state index contributed by atoms with van der Waals surface area (Å²) in [5.74, 6) is 0.808. The number of thioether (sulfide) groups is 1. The summed E-state index contributed by atoms with van der Waals surface area (Å²) in [6, 6.07) is 17.8. The van der Waals surface area contributed by atoms with E-state index in [1.54, 1.807) is 6.34 Å². The standard InChI is InChI=1S/C29H31N3OSSi/c1-29(2,3)15-23-32-26-21(33-23)12-11-20-25-28(34-27(20)26)24(30-16-31-25)18-13-17-9-7-8-10-19(17)22(14-18)35(4,5)6/h7-14,16,25,28H,15H2,1-6H3. The van der Waals surface area contributed by atoms with Crippen LogP contribution in [0.5, 0.6) is 0 Å². The molecule has 2 atom stereocenters.